The molecule has 0 radical (unpaired) electrons. The van der Waals surface area contributed by atoms with Crippen molar-refractivity contribution in [2.75, 3.05) is 6.61 Å². The van der Waals surface area contributed by atoms with Crippen molar-refractivity contribution < 1.29 is 9.53 Å². The Hall–Kier alpha value is -1.15. The Balaban J connectivity index is 1.55. The lowest BCUT2D eigenvalue weighted by Crippen LogP contribution is -2.50. The molecule has 19 heavy (non-hydrogen) atoms. The number of rotatable bonds is 4. The van der Waals surface area contributed by atoms with Gasteiger partial charge in [-0.25, -0.2) is 0 Å². The first-order chi connectivity index (χ1) is 9.31. The Morgan fingerprint density at radius 1 is 1.16 bits per heavy atom. The Morgan fingerprint density at radius 3 is 2.68 bits per heavy atom. The summed E-state index contributed by atoms with van der Waals surface area (Å²) in [4.78, 5) is 12.0. The fourth-order valence-corrected chi connectivity index (χ4v) is 3.69. The maximum atomic E-state index is 12.0. The molecule has 2 aliphatic carbocycles. The molecule has 102 valence electrons. The Labute approximate surface area is 115 Å². The third kappa shape index (κ3) is 2.46. The van der Waals surface area contributed by atoms with E-state index in [0.29, 0.717) is 18.3 Å². The van der Waals surface area contributed by atoms with Crippen LogP contribution < -0.4 is 0 Å². The van der Waals surface area contributed by atoms with E-state index >= 15 is 0 Å². The Bertz CT molecular complexity index is 440. The van der Waals surface area contributed by atoms with Crippen LogP contribution in [0.2, 0.25) is 0 Å². The second-order valence-electron chi connectivity index (χ2n) is 6.02. The molecule has 2 unspecified atom stereocenters. The van der Waals surface area contributed by atoms with Crippen LogP contribution in [-0.4, -0.2) is 12.4 Å². The molecule has 0 amide bonds. The largest absolute Gasteiger partial charge is 0.376 e. The zero-order valence-electron chi connectivity index (χ0n) is 11.4. The van der Waals surface area contributed by atoms with Crippen molar-refractivity contribution in [2.45, 2.75) is 45.1 Å². The molecule has 0 N–H and O–H groups in total. The summed E-state index contributed by atoms with van der Waals surface area (Å²) in [5.74, 6) is 0.965. The Morgan fingerprint density at radius 2 is 2.00 bits per heavy atom. The highest BCUT2D eigenvalue weighted by Gasteiger charge is 2.51. The van der Waals surface area contributed by atoms with E-state index in [1.54, 1.807) is 0 Å². The molecule has 1 spiro atoms. The highest BCUT2D eigenvalue weighted by Crippen LogP contribution is 2.52. The van der Waals surface area contributed by atoms with Gasteiger partial charge in [-0.3, -0.25) is 4.79 Å². The molecule has 0 bridgehead atoms. The van der Waals surface area contributed by atoms with Crippen molar-refractivity contribution in [3.05, 3.63) is 35.9 Å². The summed E-state index contributed by atoms with van der Waals surface area (Å²) >= 11 is 0. The molecule has 1 aromatic rings. The van der Waals surface area contributed by atoms with E-state index in [1.165, 1.54) is 24.8 Å². The zero-order chi connectivity index (χ0) is 13.1. The molecule has 2 fully saturated rings. The minimum absolute atomic E-state index is 0.00887. The molecule has 2 atom stereocenters. The van der Waals surface area contributed by atoms with Crippen LogP contribution in [0.4, 0.5) is 0 Å². The van der Waals surface area contributed by atoms with Gasteiger partial charge in [-0.15, -0.1) is 0 Å². The summed E-state index contributed by atoms with van der Waals surface area (Å²) in [6.45, 7) is 1.42. The lowest BCUT2D eigenvalue weighted by atomic mass is 9.54. The van der Waals surface area contributed by atoms with Crippen LogP contribution in [0.5, 0.6) is 0 Å². The summed E-state index contributed by atoms with van der Waals surface area (Å²) < 4.78 is 5.89. The molecule has 3 rings (SSSR count). The first kappa shape index (κ1) is 12.9. The number of carbonyl (C=O) groups excluding carboxylic acids is 1. The van der Waals surface area contributed by atoms with Gasteiger partial charge in [0.25, 0.3) is 0 Å². The molecular formula is C17H22O2. The lowest BCUT2D eigenvalue weighted by Gasteiger charge is -2.49. The first-order valence-electron chi connectivity index (χ1n) is 7.46. The molecule has 1 aromatic carbocycles. The first-order valence-corrected chi connectivity index (χ1v) is 7.46. The predicted octanol–water partition coefficient (Wildman–Crippen LogP) is 3.74. The summed E-state index contributed by atoms with van der Waals surface area (Å²) in [5, 5.41) is 0. The van der Waals surface area contributed by atoms with Gasteiger partial charge in [-0.05, 0) is 30.7 Å². The van der Waals surface area contributed by atoms with Crippen LogP contribution in [0.3, 0.4) is 0 Å². The van der Waals surface area contributed by atoms with Crippen molar-refractivity contribution in [3.63, 3.8) is 0 Å². The van der Waals surface area contributed by atoms with Crippen LogP contribution in [0, 0.1) is 11.3 Å². The van der Waals surface area contributed by atoms with Gasteiger partial charge in [0.2, 0.25) is 0 Å². The lowest BCUT2D eigenvalue weighted by molar-refractivity contribution is -0.149. The SMILES string of the molecule is O=C1CCC12CCCCC2COCc1ccccc1. The monoisotopic (exact) mass is 258 g/mol. The third-order valence-electron chi connectivity index (χ3n) is 4.99. The quantitative estimate of drug-likeness (QED) is 0.822. The molecule has 2 saturated carbocycles. The molecule has 2 aliphatic rings. The van der Waals surface area contributed by atoms with Gasteiger partial charge in [0.1, 0.15) is 5.78 Å². The second-order valence-corrected chi connectivity index (χ2v) is 6.02. The Kier molecular flexibility index (Phi) is 3.69. The van der Waals surface area contributed by atoms with Gasteiger partial charge in [0.05, 0.1) is 13.2 Å². The molecule has 0 heterocycles. The normalized spacial score (nSPS) is 30.3. The summed E-state index contributed by atoms with van der Waals surface area (Å²) in [7, 11) is 0. The standard InChI is InChI=1S/C17H22O2/c18-16-9-11-17(16)10-5-4-8-15(17)13-19-12-14-6-2-1-3-7-14/h1-3,6-7,15H,4-5,8-13H2. The van der Waals surface area contributed by atoms with Crippen LogP contribution >= 0.6 is 0 Å². The smallest absolute Gasteiger partial charge is 0.139 e. The number of benzene rings is 1. The average molecular weight is 258 g/mol. The fourth-order valence-electron chi connectivity index (χ4n) is 3.69. The van der Waals surface area contributed by atoms with Gasteiger partial charge in [-0.2, -0.15) is 0 Å². The van der Waals surface area contributed by atoms with E-state index in [2.05, 4.69) is 12.1 Å². The van der Waals surface area contributed by atoms with E-state index in [4.69, 9.17) is 4.74 Å². The summed E-state index contributed by atoms with van der Waals surface area (Å²) in [6, 6.07) is 10.3. The van der Waals surface area contributed by atoms with Crippen LogP contribution in [0.1, 0.15) is 44.1 Å². The van der Waals surface area contributed by atoms with Crippen LogP contribution in [-0.2, 0) is 16.1 Å². The van der Waals surface area contributed by atoms with Crippen molar-refractivity contribution in [1.82, 2.24) is 0 Å². The number of Topliss-reactive ketones (excluding diaryl/α,β-unsaturated/α-hetero) is 1. The number of hydrogen-bond acceptors (Lipinski definition) is 2. The van der Waals surface area contributed by atoms with Gasteiger partial charge in [0.15, 0.2) is 0 Å². The minimum atomic E-state index is 0.00887. The van der Waals surface area contributed by atoms with Crippen molar-refractivity contribution in [1.29, 1.82) is 0 Å². The molecule has 0 aliphatic heterocycles. The molecule has 0 saturated heterocycles. The van der Waals surface area contributed by atoms with Crippen LogP contribution in [0.15, 0.2) is 30.3 Å². The third-order valence-corrected chi connectivity index (χ3v) is 4.99. The van der Waals surface area contributed by atoms with Crippen molar-refractivity contribution in [2.24, 2.45) is 11.3 Å². The highest BCUT2D eigenvalue weighted by molar-refractivity contribution is 5.90. The number of carbonyl (C=O) groups is 1. The van der Waals surface area contributed by atoms with Crippen molar-refractivity contribution >= 4 is 5.78 Å². The van der Waals surface area contributed by atoms with E-state index in [1.807, 2.05) is 18.2 Å². The summed E-state index contributed by atoms with van der Waals surface area (Å²) in [6.07, 6.45) is 6.65. The maximum absolute atomic E-state index is 12.0. The topological polar surface area (TPSA) is 26.3 Å². The van der Waals surface area contributed by atoms with E-state index in [0.717, 1.165) is 25.9 Å². The van der Waals surface area contributed by atoms with Gasteiger partial charge >= 0.3 is 0 Å². The molecule has 2 heteroatoms. The van der Waals surface area contributed by atoms with E-state index in [-0.39, 0.29) is 5.41 Å². The van der Waals surface area contributed by atoms with Gasteiger partial charge in [-0.1, -0.05) is 43.2 Å². The van der Waals surface area contributed by atoms with Gasteiger partial charge < -0.3 is 4.74 Å². The number of hydrogen-bond donors (Lipinski definition) is 0. The van der Waals surface area contributed by atoms with E-state index in [9.17, 15) is 4.79 Å². The zero-order valence-corrected chi connectivity index (χ0v) is 11.4. The maximum Gasteiger partial charge on any atom is 0.139 e. The fraction of sp³-hybridized carbons (Fsp3) is 0.588. The second kappa shape index (κ2) is 5.46. The molecule has 0 aromatic heterocycles. The number of ketones is 1. The predicted molar refractivity (Wildman–Crippen MR) is 74.7 cm³/mol. The average Bonchev–Trinajstić information content (AvgIpc) is 2.47. The molecular weight excluding hydrogens is 236 g/mol. The van der Waals surface area contributed by atoms with Crippen LogP contribution in [0.25, 0.3) is 0 Å². The number of ether oxygens (including phenoxy) is 1. The highest BCUT2D eigenvalue weighted by atomic mass is 16.5. The summed E-state index contributed by atoms with van der Waals surface area (Å²) in [5.41, 5.74) is 1.22. The van der Waals surface area contributed by atoms with Gasteiger partial charge in [0, 0.05) is 11.8 Å². The minimum Gasteiger partial charge on any atom is -0.376 e. The molecule has 2 nitrogen and oxygen atoms in total. The van der Waals surface area contributed by atoms with E-state index < -0.39 is 0 Å². The van der Waals surface area contributed by atoms with Crippen molar-refractivity contribution in [3.8, 4) is 0 Å².